The highest BCUT2D eigenvalue weighted by Crippen LogP contribution is 2.19. The number of rotatable bonds is 5. The van der Waals surface area contributed by atoms with E-state index in [9.17, 15) is 0 Å². The van der Waals surface area contributed by atoms with Crippen molar-refractivity contribution >= 4 is 22.2 Å². The lowest BCUT2D eigenvalue weighted by Crippen LogP contribution is -2.16. The third-order valence-corrected chi connectivity index (χ3v) is 4.20. The molecule has 0 spiro atoms. The molecule has 0 fully saturated rings. The number of fused-ring (bicyclic) bond motifs is 1. The van der Waals surface area contributed by atoms with E-state index in [1.807, 2.05) is 0 Å². The molecule has 0 unspecified atom stereocenters. The molecule has 0 aliphatic heterocycles. The molecule has 98 valence electrons. The SMILES string of the molecule is Cn1cc(CNCCc2ccsc2)c2ccccc21. The summed E-state index contributed by atoms with van der Waals surface area (Å²) in [5.41, 5.74) is 4.11. The topological polar surface area (TPSA) is 17.0 Å². The Kier molecular flexibility index (Phi) is 3.67. The summed E-state index contributed by atoms with van der Waals surface area (Å²) in [7, 11) is 2.11. The van der Waals surface area contributed by atoms with E-state index in [0.717, 1.165) is 19.5 Å². The lowest BCUT2D eigenvalue weighted by atomic mass is 10.2. The van der Waals surface area contributed by atoms with Gasteiger partial charge >= 0.3 is 0 Å². The summed E-state index contributed by atoms with van der Waals surface area (Å²) in [5, 5.41) is 9.25. The molecular formula is C16H18N2S. The van der Waals surface area contributed by atoms with Crippen LogP contribution in [0.4, 0.5) is 0 Å². The average Bonchev–Trinajstić information content (AvgIpc) is 3.04. The molecule has 0 aliphatic carbocycles. The fraction of sp³-hybridized carbons (Fsp3) is 0.250. The van der Waals surface area contributed by atoms with Gasteiger partial charge in [-0.2, -0.15) is 11.3 Å². The van der Waals surface area contributed by atoms with Crippen LogP contribution in [-0.4, -0.2) is 11.1 Å². The molecular weight excluding hydrogens is 252 g/mol. The molecule has 0 amide bonds. The van der Waals surface area contributed by atoms with Gasteiger partial charge in [-0.05, 0) is 47.0 Å². The minimum atomic E-state index is 0.936. The number of thiophene rings is 1. The zero-order valence-corrected chi connectivity index (χ0v) is 11.9. The van der Waals surface area contributed by atoms with Gasteiger partial charge < -0.3 is 9.88 Å². The first-order valence-electron chi connectivity index (χ1n) is 6.59. The average molecular weight is 270 g/mol. The van der Waals surface area contributed by atoms with Crippen LogP contribution in [0.1, 0.15) is 11.1 Å². The number of aryl methyl sites for hydroxylation is 1. The van der Waals surface area contributed by atoms with Crippen molar-refractivity contribution < 1.29 is 0 Å². The van der Waals surface area contributed by atoms with Gasteiger partial charge in [0.1, 0.15) is 0 Å². The van der Waals surface area contributed by atoms with Gasteiger partial charge in [-0.1, -0.05) is 18.2 Å². The molecule has 0 saturated heterocycles. The molecule has 0 aliphatic rings. The van der Waals surface area contributed by atoms with Crippen molar-refractivity contribution in [3.8, 4) is 0 Å². The van der Waals surface area contributed by atoms with Gasteiger partial charge in [-0.25, -0.2) is 0 Å². The molecule has 3 rings (SSSR count). The first-order valence-corrected chi connectivity index (χ1v) is 7.53. The molecule has 3 aromatic rings. The van der Waals surface area contributed by atoms with Crippen molar-refractivity contribution in [2.75, 3.05) is 6.54 Å². The van der Waals surface area contributed by atoms with Crippen LogP contribution in [0, 0.1) is 0 Å². The van der Waals surface area contributed by atoms with Crippen LogP contribution in [0.5, 0.6) is 0 Å². The summed E-state index contributed by atoms with van der Waals surface area (Å²) in [6.45, 7) is 1.96. The molecule has 19 heavy (non-hydrogen) atoms. The minimum absolute atomic E-state index is 0.936. The van der Waals surface area contributed by atoms with Crippen LogP contribution >= 0.6 is 11.3 Å². The van der Waals surface area contributed by atoms with Gasteiger partial charge in [0, 0.05) is 30.7 Å². The number of hydrogen-bond donors (Lipinski definition) is 1. The highest BCUT2D eigenvalue weighted by atomic mass is 32.1. The lowest BCUT2D eigenvalue weighted by molar-refractivity contribution is 0.688. The summed E-state index contributed by atoms with van der Waals surface area (Å²) >= 11 is 1.77. The maximum atomic E-state index is 3.54. The van der Waals surface area contributed by atoms with Crippen LogP contribution in [0.3, 0.4) is 0 Å². The van der Waals surface area contributed by atoms with E-state index in [0.29, 0.717) is 0 Å². The molecule has 2 aromatic heterocycles. The molecule has 1 aromatic carbocycles. The Morgan fingerprint density at radius 2 is 2.11 bits per heavy atom. The third-order valence-electron chi connectivity index (χ3n) is 3.47. The van der Waals surface area contributed by atoms with Gasteiger partial charge in [-0.3, -0.25) is 0 Å². The van der Waals surface area contributed by atoms with Crippen LogP contribution < -0.4 is 5.32 Å². The Bertz CT molecular complexity index is 653. The lowest BCUT2D eigenvalue weighted by Gasteiger charge is -2.02. The number of nitrogens with zero attached hydrogens (tertiary/aromatic N) is 1. The van der Waals surface area contributed by atoms with Crippen molar-refractivity contribution in [3.63, 3.8) is 0 Å². The molecule has 2 heterocycles. The largest absolute Gasteiger partial charge is 0.350 e. The second-order valence-corrected chi connectivity index (χ2v) is 5.62. The van der Waals surface area contributed by atoms with Crippen molar-refractivity contribution in [2.45, 2.75) is 13.0 Å². The van der Waals surface area contributed by atoms with Gasteiger partial charge in [0.2, 0.25) is 0 Å². The molecule has 3 heteroatoms. The van der Waals surface area contributed by atoms with E-state index in [2.05, 4.69) is 64.2 Å². The smallest absolute Gasteiger partial charge is 0.0481 e. The predicted octanol–water partition coefficient (Wildman–Crippen LogP) is 3.57. The van der Waals surface area contributed by atoms with E-state index in [1.54, 1.807) is 11.3 Å². The van der Waals surface area contributed by atoms with E-state index < -0.39 is 0 Å². The molecule has 0 radical (unpaired) electrons. The quantitative estimate of drug-likeness (QED) is 0.701. The van der Waals surface area contributed by atoms with Crippen molar-refractivity contribution in [1.29, 1.82) is 0 Å². The Morgan fingerprint density at radius 1 is 1.21 bits per heavy atom. The first-order chi connectivity index (χ1) is 9.34. The maximum absolute atomic E-state index is 3.54. The van der Waals surface area contributed by atoms with Gasteiger partial charge in [0.05, 0.1) is 0 Å². The monoisotopic (exact) mass is 270 g/mol. The Balaban J connectivity index is 1.62. The zero-order chi connectivity index (χ0) is 13.1. The number of hydrogen-bond acceptors (Lipinski definition) is 2. The standard InChI is InChI=1S/C16H18N2S/c1-18-11-14(15-4-2-3-5-16(15)18)10-17-8-6-13-7-9-19-12-13/h2-5,7,9,11-12,17H,6,8,10H2,1H3. The second kappa shape index (κ2) is 5.59. The predicted molar refractivity (Wildman–Crippen MR) is 82.6 cm³/mol. The summed E-state index contributed by atoms with van der Waals surface area (Å²) in [4.78, 5) is 0. The van der Waals surface area contributed by atoms with Gasteiger partial charge in [-0.15, -0.1) is 0 Å². The van der Waals surface area contributed by atoms with E-state index >= 15 is 0 Å². The summed E-state index contributed by atoms with van der Waals surface area (Å²) in [6, 6.07) is 10.8. The Hall–Kier alpha value is -1.58. The second-order valence-electron chi connectivity index (χ2n) is 4.84. The first kappa shape index (κ1) is 12.5. The number of benzene rings is 1. The summed E-state index contributed by atoms with van der Waals surface area (Å²) in [5.74, 6) is 0. The normalized spacial score (nSPS) is 11.2. The maximum Gasteiger partial charge on any atom is 0.0481 e. The van der Waals surface area contributed by atoms with Crippen molar-refractivity contribution in [1.82, 2.24) is 9.88 Å². The zero-order valence-electron chi connectivity index (χ0n) is 11.1. The molecule has 0 bridgehead atoms. The number of para-hydroxylation sites is 1. The van der Waals surface area contributed by atoms with Crippen molar-refractivity contribution in [2.24, 2.45) is 7.05 Å². The van der Waals surface area contributed by atoms with Crippen LogP contribution in [0.2, 0.25) is 0 Å². The summed E-state index contributed by atoms with van der Waals surface area (Å²) in [6.07, 6.45) is 3.33. The van der Waals surface area contributed by atoms with E-state index in [-0.39, 0.29) is 0 Å². The molecule has 0 saturated carbocycles. The highest BCUT2D eigenvalue weighted by Gasteiger charge is 2.04. The Labute approximate surface area is 117 Å². The van der Waals surface area contributed by atoms with Gasteiger partial charge in [0.15, 0.2) is 0 Å². The number of nitrogens with one attached hydrogen (secondary N) is 1. The highest BCUT2D eigenvalue weighted by molar-refractivity contribution is 7.07. The van der Waals surface area contributed by atoms with Crippen molar-refractivity contribution in [3.05, 3.63) is 58.4 Å². The molecule has 0 atom stereocenters. The Morgan fingerprint density at radius 3 is 2.95 bits per heavy atom. The summed E-state index contributed by atoms with van der Waals surface area (Å²) < 4.78 is 2.20. The van der Waals surface area contributed by atoms with E-state index in [1.165, 1.54) is 22.0 Å². The fourth-order valence-corrected chi connectivity index (χ4v) is 3.16. The number of aromatic nitrogens is 1. The molecule has 1 N–H and O–H groups in total. The molecule has 2 nitrogen and oxygen atoms in total. The van der Waals surface area contributed by atoms with Gasteiger partial charge in [0.25, 0.3) is 0 Å². The minimum Gasteiger partial charge on any atom is -0.350 e. The van der Waals surface area contributed by atoms with E-state index in [4.69, 9.17) is 0 Å². The fourth-order valence-electron chi connectivity index (χ4n) is 2.46. The van der Waals surface area contributed by atoms with Crippen LogP contribution in [-0.2, 0) is 20.0 Å². The van der Waals surface area contributed by atoms with Crippen LogP contribution in [0.15, 0.2) is 47.3 Å². The third kappa shape index (κ3) is 2.72. The van der Waals surface area contributed by atoms with Crippen LogP contribution in [0.25, 0.3) is 10.9 Å².